The summed E-state index contributed by atoms with van der Waals surface area (Å²) < 4.78 is 1.06. The van der Waals surface area contributed by atoms with Gasteiger partial charge in [-0.25, -0.2) is 0 Å². The second-order valence-corrected chi connectivity index (χ2v) is 6.54. The predicted molar refractivity (Wildman–Crippen MR) is 80.8 cm³/mol. The molecule has 0 aromatic heterocycles. The van der Waals surface area contributed by atoms with Crippen molar-refractivity contribution in [3.63, 3.8) is 0 Å². The van der Waals surface area contributed by atoms with E-state index in [2.05, 4.69) is 40.3 Å². The van der Waals surface area contributed by atoms with Crippen molar-refractivity contribution < 1.29 is 4.79 Å². The largest absolute Gasteiger partial charge is 0.341 e. The smallest absolute Gasteiger partial charge is 0.229 e. The molecule has 19 heavy (non-hydrogen) atoms. The summed E-state index contributed by atoms with van der Waals surface area (Å²) in [6, 6.07) is 8.12. The third-order valence-corrected chi connectivity index (χ3v) is 4.32. The maximum atomic E-state index is 12.6. The molecule has 4 heteroatoms. The Morgan fingerprint density at radius 1 is 1.42 bits per heavy atom. The minimum Gasteiger partial charge on any atom is -0.341 e. The number of hydrogen-bond acceptors (Lipinski definition) is 2. The van der Waals surface area contributed by atoms with Gasteiger partial charge in [-0.15, -0.1) is 0 Å². The summed E-state index contributed by atoms with van der Waals surface area (Å²) in [6.45, 7) is 4.55. The molecule has 0 bridgehead atoms. The number of hydrogen-bond donors (Lipinski definition) is 1. The van der Waals surface area contributed by atoms with E-state index in [-0.39, 0.29) is 11.3 Å². The van der Waals surface area contributed by atoms with Gasteiger partial charge in [0.15, 0.2) is 0 Å². The van der Waals surface area contributed by atoms with Crippen LogP contribution in [0.3, 0.4) is 0 Å². The Bertz CT molecular complexity index is 438. The number of carbonyl (C=O) groups excluding carboxylic acids is 1. The van der Waals surface area contributed by atoms with E-state index in [1.165, 1.54) is 0 Å². The highest BCUT2D eigenvalue weighted by Crippen LogP contribution is 2.28. The molecule has 1 unspecified atom stereocenters. The average Bonchev–Trinajstić information content (AvgIpc) is 2.41. The normalized spacial score (nSPS) is 23.1. The number of benzene rings is 1. The van der Waals surface area contributed by atoms with Crippen LogP contribution in [0.25, 0.3) is 0 Å². The lowest BCUT2D eigenvalue weighted by Gasteiger charge is -2.36. The van der Waals surface area contributed by atoms with Gasteiger partial charge in [0.05, 0.1) is 5.41 Å². The summed E-state index contributed by atoms with van der Waals surface area (Å²) in [7, 11) is 1.89. The fourth-order valence-corrected chi connectivity index (χ4v) is 2.90. The van der Waals surface area contributed by atoms with Crippen LogP contribution in [0.2, 0.25) is 0 Å². The lowest BCUT2D eigenvalue weighted by Crippen LogP contribution is -2.48. The van der Waals surface area contributed by atoms with Crippen LogP contribution in [0.4, 0.5) is 0 Å². The number of carbonyl (C=O) groups is 1. The molecule has 1 fully saturated rings. The highest BCUT2D eigenvalue weighted by molar-refractivity contribution is 9.10. The van der Waals surface area contributed by atoms with Crippen LogP contribution in [0.5, 0.6) is 0 Å². The third-order valence-electron chi connectivity index (χ3n) is 3.79. The van der Waals surface area contributed by atoms with Crippen LogP contribution < -0.4 is 5.32 Å². The zero-order chi connectivity index (χ0) is 13.9. The van der Waals surface area contributed by atoms with Gasteiger partial charge >= 0.3 is 0 Å². The van der Waals surface area contributed by atoms with Crippen LogP contribution in [-0.4, -0.2) is 30.9 Å². The van der Waals surface area contributed by atoms with Gasteiger partial charge in [0.1, 0.15) is 0 Å². The number of nitrogens with one attached hydrogen (secondary N) is 1. The topological polar surface area (TPSA) is 32.3 Å². The fraction of sp³-hybridized carbons (Fsp3) is 0.533. The summed E-state index contributed by atoms with van der Waals surface area (Å²) in [5.41, 5.74) is 0.911. The molecule has 1 aliphatic heterocycles. The Balaban J connectivity index is 2.00. The van der Waals surface area contributed by atoms with Crippen LogP contribution in [0, 0.1) is 5.41 Å². The fourth-order valence-electron chi connectivity index (χ4n) is 2.64. The van der Waals surface area contributed by atoms with Gasteiger partial charge in [0, 0.05) is 24.6 Å². The van der Waals surface area contributed by atoms with Gasteiger partial charge in [-0.1, -0.05) is 28.1 Å². The van der Waals surface area contributed by atoms with E-state index in [9.17, 15) is 4.79 Å². The zero-order valence-corrected chi connectivity index (χ0v) is 13.2. The van der Waals surface area contributed by atoms with E-state index < -0.39 is 0 Å². The molecule has 2 rings (SSSR count). The SMILES string of the molecule is CN(Cc1ccc(Br)cc1)C(=O)C1(C)CCCNC1. The number of rotatable bonds is 3. The van der Waals surface area contributed by atoms with Crippen molar-refractivity contribution in [1.29, 1.82) is 0 Å². The van der Waals surface area contributed by atoms with Crippen LogP contribution >= 0.6 is 15.9 Å². The first-order valence-corrected chi connectivity index (χ1v) is 7.51. The van der Waals surface area contributed by atoms with Crippen molar-refractivity contribution in [3.8, 4) is 0 Å². The average molecular weight is 325 g/mol. The molecule has 1 amide bonds. The first-order chi connectivity index (χ1) is 9.01. The van der Waals surface area contributed by atoms with Gasteiger partial charge < -0.3 is 10.2 Å². The van der Waals surface area contributed by atoms with Crippen molar-refractivity contribution in [1.82, 2.24) is 10.2 Å². The van der Waals surface area contributed by atoms with Crippen molar-refractivity contribution in [2.24, 2.45) is 5.41 Å². The van der Waals surface area contributed by atoms with Crippen molar-refractivity contribution in [2.75, 3.05) is 20.1 Å². The summed E-state index contributed by atoms with van der Waals surface area (Å²) in [5.74, 6) is 0.239. The molecule has 1 heterocycles. The van der Waals surface area contributed by atoms with Crippen LogP contribution in [-0.2, 0) is 11.3 Å². The zero-order valence-electron chi connectivity index (χ0n) is 11.6. The molecule has 3 nitrogen and oxygen atoms in total. The second-order valence-electron chi connectivity index (χ2n) is 5.63. The maximum absolute atomic E-state index is 12.6. The Hall–Kier alpha value is -0.870. The van der Waals surface area contributed by atoms with E-state index in [1.807, 2.05) is 24.1 Å². The van der Waals surface area contributed by atoms with Crippen molar-refractivity contribution in [2.45, 2.75) is 26.3 Å². The van der Waals surface area contributed by atoms with Gasteiger partial charge in [-0.3, -0.25) is 4.79 Å². The molecular formula is C15H21BrN2O. The predicted octanol–water partition coefficient (Wildman–Crippen LogP) is 2.80. The van der Waals surface area contributed by atoms with Crippen LogP contribution in [0.15, 0.2) is 28.7 Å². The number of piperidine rings is 1. The maximum Gasteiger partial charge on any atom is 0.229 e. The Kier molecular flexibility index (Phi) is 4.63. The molecule has 0 aliphatic carbocycles. The summed E-state index contributed by atoms with van der Waals surface area (Å²) in [6.07, 6.45) is 2.05. The number of halogens is 1. The molecule has 1 atom stereocenters. The van der Waals surface area contributed by atoms with Crippen LogP contribution in [0.1, 0.15) is 25.3 Å². The monoisotopic (exact) mass is 324 g/mol. The highest BCUT2D eigenvalue weighted by Gasteiger charge is 2.36. The lowest BCUT2D eigenvalue weighted by molar-refractivity contribution is -0.141. The molecule has 0 radical (unpaired) electrons. The van der Waals surface area contributed by atoms with Gasteiger partial charge in [0.2, 0.25) is 5.91 Å². The lowest BCUT2D eigenvalue weighted by atomic mass is 9.81. The van der Waals surface area contributed by atoms with E-state index in [1.54, 1.807) is 0 Å². The minimum absolute atomic E-state index is 0.239. The molecule has 1 aromatic rings. The summed E-state index contributed by atoms with van der Waals surface area (Å²) >= 11 is 3.42. The molecule has 1 saturated heterocycles. The molecule has 1 aromatic carbocycles. The quantitative estimate of drug-likeness (QED) is 0.927. The Morgan fingerprint density at radius 2 is 2.11 bits per heavy atom. The second kappa shape index (κ2) is 6.06. The first-order valence-electron chi connectivity index (χ1n) is 6.72. The molecular weight excluding hydrogens is 304 g/mol. The highest BCUT2D eigenvalue weighted by atomic mass is 79.9. The van der Waals surface area contributed by atoms with Gasteiger partial charge in [-0.05, 0) is 44.0 Å². The minimum atomic E-state index is -0.248. The van der Waals surface area contributed by atoms with Gasteiger partial charge in [-0.2, -0.15) is 0 Å². The molecule has 0 spiro atoms. The van der Waals surface area contributed by atoms with E-state index in [0.717, 1.165) is 36.0 Å². The molecule has 104 valence electrons. The molecule has 1 N–H and O–H groups in total. The first kappa shape index (κ1) is 14.5. The number of nitrogens with zero attached hydrogens (tertiary/aromatic N) is 1. The Labute approximate surface area is 123 Å². The molecule has 1 aliphatic rings. The number of amides is 1. The standard InChI is InChI=1S/C15H21BrN2O/c1-15(8-3-9-17-11-15)14(19)18(2)10-12-4-6-13(16)7-5-12/h4-7,17H,3,8-11H2,1-2H3. The summed E-state index contributed by atoms with van der Waals surface area (Å²) in [4.78, 5) is 14.4. The van der Waals surface area contributed by atoms with E-state index in [0.29, 0.717) is 6.54 Å². The van der Waals surface area contributed by atoms with E-state index in [4.69, 9.17) is 0 Å². The van der Waals surface area contributed by atoms with E-state index >= 15 is 0 Å². The van der Waals surface area contributed by atoms with Gasteiger partial charge in [0.25, 0.3) is 0 Å². The Morgan fingerprint density at radius 3 is 2.68 bits per heavy atom. The van der Waals surface area contributed by atoms with Crippen molar-refractivity contribution in [3.05, 3.63) is 34.3 Å². The van der Waals surface area contributed by atoms with Crippen molar-refractivity contribution >= 4 is 21.8 Å². The molecule has 0 saturated carbocycles. The summed E-state index contributed by atoms with van der Waals surface area (Å²) in [5, 5.41) is 3.33. The third kappa shape index (κ3) is 3.57.